The van der Waals surface area contributed by atoms with Gasteiger partial charge in [-0.3, -0.25) is 4.68 Å². The fraction of sp³-hybridized carbons (Fsp3) is 0.182. The molecule has 0 aliphatic carbocycles. The summed E-state index contributed by atoms with van der Waals surface area (Å²) < 4.78 is 16.6. The predicted octanol–water partition coefficient (Wildman–Crippen LogP) is 3.78. The molecule has 0 radical (unpaired) electrons. The SMILES string of the molecule is Cn1cc2cc(-c3cc4c(F)cc(C5C=CNCC5)cc4nn3)cc(C#N)c2n1. The molecule has 142 valence electrons. The first-order chi connectivity index (χ1) is 14.1. The maximum Gasteiger partial charge on any atom is 0.133 e. The lowest BCUT2D eigenvalue weighted by atomic mass is 9.93. The summed E-state index contributed by atoms with van der Waals surface area (Å²) in [5.74, 6) is -0.147. The monoisotopic (exact) mass is 384 g/mol. The lowest BCUT2D eigenvalue weighted by Gasteiger charge is -2.18. The number of fused-ring (bicyclic) bond motifs is 2. The molecular weight excluding hydrogens is 367 g/mol. The van der Waals surface area contributed by atoms with Gasteiger partial charge in [-0.25, -0.2) is 4.39 Å². The summed E-state index contributed by atoms with van der Waals surface area (Å²) in [6.45, 7) is 0.865. The number of halogens is 1. The maximum atomic E-state index is 14.9. The first kappa shape index (κ1) is 17.3. The Morgan fingerprint density at radius 3 is 2.90 bits per heavy atom. The van der Waals surface area contributed by atoms with Crippen LogP contribution in [-0.2, 0) is 7.05 Å². The Kier molecular flexibility index (Phi) is 3.98. The van der Waals surface area contributed by atoms with Gasteiger partial charge in [0.05, 0.1) is 16.8 Å². The Bertz CT molecular complexity index is 1330. The molecule has 1 atom stereocenters. The lowest BCUT2D eigenvalue weighted by Crippen LogP contribution is -2.16. The van der Waals surface area contributed by atoms with Gasteiger partial charge in [-0.1, -0.05) is 6.08 Å². The maximum absolute atomic E-state index is 14.9. The summed E-state index contributed by atoms with van der Waals surface area (Å²) in [4.78, 5) is 0. The van der Waals surface area contributed by atoms with Crippen molar-refractivity contribution in [3.05, 3.63) is 65.7 Å². The van der Waals surface area contributed by atoms with Crippen molar-refractivity contribution < 1.29 is 4.39 Å². The molecule has 1 aliphatic heterocycles. The third kappa shape index (κ3) is 2.99. The van der Waals surface area contributed by atoms with E-state index in [2.05, 4.69) is 26.7 Å². The standard InChI is InChI=1S/C22H17FN6/c1-29-12-17-7-15(6-16(11-24)22(17)28-29)20-10-18-19(23)8-14(9-21(18)27-26-20)13-2-4-25-5-3-13/h2,4,6-10,12-13,25H,3,5H2,1H3. The number of allylic oxidation sites excluding steroid dienone is 1. The van der Waals surface area contributed by atoms with Gasteiger partial charge < -0.3 is 5.32 Å². The number of benzene rings is 2. The number of rotatable bonds is 2. The molecule has 1 unspecified atom stereocenters. The van der Waals surface area contributed by atoms with Gasteiger partial charge in [0, 0.05) is 42.0 Å². The van der Waals surface area contributed by atoms with Crippen LogP contribution < -0.4 is 5.32 Å². The fourth-order valence-electron chi connectivity index (χ4n) is 3.85. The quantitative estimate of drug-likeness (QED) is 0.569. The van der Waals surface area contributed by atoms with E-state index in [0.717, 1.165) is 23.9 Å². The van der Waals surface area contributed by atoms with Crippen LogP contribution in [0.25, 0.3) is 33.1 Å². The van der Waals surface area contributed by atoms with Crippen molar-refractivity contribution in [1.82, 2.24) is 25.3 Å². The average molecular weight is 384 g/mol. The lowest BCUT2D eigenvalue weighted by molar-refractivity contribution is 0.624. The van der Waals surface area contributed by atoms with Gasteiger partial charge in [0.25, 0.3) is 0 Å². The fourth-order valence-corrected chi connectivity index (χ4v) is 3.85. The summed E-state index contributed by atoms with van der Waals surface area (Å²) in [7, 11) is 1.81. The molecule has 0 bridgehead atoms. The number of hydrogen-bond acceptors (Lipinski definition) is 5. The Labute approximate surface area is 166 Å². The number of hydrogen-bond donors (Lipinski definition) is 1. The van der Waals surface area contributed by atoms with Crippen LogP contribution in [0.2, 0.25) is 0 Å². The van der Waals surface area contributed by atoms with Crippen molar-refractivity contribution in [1.29, 1.82) is 5.26 Å². The minimum atomic E-state index is -0.316. The van der Waals surface area contributed by atoms with Gasteiger partial charge in [-0.2, -0.15) is 10.4 Å². The topological polar surface area (TPSA) is 79.4 Å². The largest absolute Gasteiger partial charge is 0.391 e. The zero-order valence-electron chi connectivity index (χ0n) is 15.7. The molecule has 0 fully saturated rings. The van der Waals surface area contributed by atoms with Crippen LogP contribution in [0.15, 0.2) is 48.8 Å². The zero-order valence-corrected chi connectivity index (χ0v) is 15.7. The average Bonchev–Trinajstić information content (AvgIpc) is 3.13. The summed E-state index contributed by atoms with van der Waals surface area (Å²) in [6, 6.07) is 11.0. The van der Waals surface area contributed by atoms with E-state index < -0.39 is 0 Å². The molecule has 5 rings (SSSR count). The molecule has 4 aromatic rings. The van der Waals surface area contributed by atoms with E-state index >= 15 is 0 Å². The Morgan fingerprint density at radius 1 is 1.21 bits per heavy atom. The van der Waals surface area contributed by atoms with E-state index in [1.165, 1.54) is 0 Å². The van der Waals surface area contributed by atoms with E-state index in [1.54, 1.807) is 29.9 Å². The van der Waals surface area contributed by atoms with E-state index in [9.17, 15) is 9.65 Å². The molecule has 0 saturated carbocycles. The van der Waals surface area contributed by atoms with Gasteiger partial charge >= 0.3 is 0 Å². The first-order valence-corrected chi connectivity index (χ1v) is 9.37. The molecule has 1 N–H and O–H groups in total. The molecule has 0 amide bonds. The third-order valence-electron chi connectivity index (χ3n) is 5.29. The smallest absolute Gasteiger partial charge is 0.133 e. The molecule has 3 heterocycles. The molecule has 6 nitrogen and oxygen atoms in total. The highest BCUT2D eigenvalue weighted by molar-refractivity contribution is 5.90. The van der Waals surface area contributed by atoms with Crippen molar-refractivity contribution in [3.8, 4) is 17.3 Å². The normalized spacial score (nSPS) is 16.1. The summed E-state index contributed by atoms with van der Waals surface area (Å²) in [6.07, 6.45) is 6.70. The number of nitriles is 1. The van der Waals surface area contributed by atoms with E-state index in [1.807, 2.05) is 30.6 Å². The molecule has 0 spiro atoms. The minimum Gasteiger partial charge on any atom is -0.391 e. The van der Waals surface area contributed by atoms with Crippen LogP contribution in [0.4, 0.5) is 4.39 Å². The second kappa shape index (κ2) is 6.67. The van der Waals surface area contributed by atoms with Crippen molar-refractivity contribution in [2.75, 3.05) is 6.54 Å². The number of aromatic nitrogens is 4. The zero-order chi connectivity index (χ0) is 20.0. The molecule has 2 aromatic heterocycles. The summed E-state index contributed by atoms with van der Waals surface area (Å²) >= 11 is 0. The highest BCUT2D eigenvalue weighted by atomic mass is 19.1. The van der Waals surface area contributed by atoms with E-state index in [-0.39, 0.29) is 11.7 Å². The summed E-state index contributed by atoms with van der Waals surface area (Å²) in [5, 5.41) is 26.8. The van der Waals surface area contributed by atoms with Crippen molar-refractivity contribution in [2.45, 2.75) is 12.3 Å². The molecule has 0 saturated heterocycles. The Hall–Kier alpha value is -3.79. The number of aryl methyl sites for hydroxylation is 1. The van der Waals surface area contributed by atoms with E-state index in [4.69, 9.17) is 0 Å². The Balaban J connectivity index is 1.62. The van der Waals surface area contributed by atoms with Gasteiger partial charge in [0.1, 0.15) is 17.4 Å². The van der Waals surface area contributed by atoms with Gasteiger partial charge in [0.15, 0.2) is 0 Å². The number of nitrogens with zero attached hydrogens (tertiary/aromatic N) is 5. The summed E-state index contributed by atoms with van der Waals surface area (Å²) in [5.41, 5.74) is 3.75. The van der Waals surface area contributed by atoms with Gasteiger partial charge in [0.2, 0.25) is 0 Å². The Morgan fingerprint density at radius 2 is 2.10 bits per heavy atom. The minimum absolute atomic E-state index is 0.169. The molecular formula is C22H17FN6. The predicted molar refractivity (Wildman–Crippen MR) is 108 cm³/mol. The van der Waals surface area contributed by atoms with E-state index in [0.29, 0.717) is 33.2 Å². The molecule has 2 aromatic carbocycles. The van der Waals surface area contributed by atoms with Crippen LogP contribution >= 0.6 is 0 Å². The second-order valence-corrected chi connectivity index (χ2v) is 7.25. The van der Waals surface area contributed by atoms with Crippen LogP contribution in [0.1, 0.15) is 23.5 Å². The highest BCUT2D eigenvalue weighted by Gasteiger charge is 2.16. The van der Waals surface area contributed by atoms with Gasteiger partial charge in [-0.05, 0) is 48.5 Å². The molecule has 7 heteroatoms. The van der Waals surface area contributed by atoms with Crippen LogP contribution in [0, 0.1) is 17.1 Å². The van der Waals surface area contributed by atoms with Crippen LogP contribution in [0.3, 0.4) is 0 Å². The van der Waals surface area contributed by atoms with Crippen molar-refractivity contribution in [3.63, 3.8) is 0 Å². The van der Waals surface area contributed by atoms with Gasteiger partial charge in [-0.15, -0.1) is 10.2 Å². The molecule has 1 aliphatic rings. The van der Waals surface area contributed by atoms with Crippen molar-refractivity contribution in [2.24, 2.45) is 7.05 Å². The third-order valence-corrected chi connectivity index (χ3v) is 5.29. The highest BCUT2D eigenvalue weighted by Crippen LogP contribution is 2.30. The number of nitrogens with one attached hydrogen (secondary N) is 1. The first-order valence-electron chi connectivity index (χ1n) is 9.37. The second-order valence-electron chi connectivity index (χ2n) is 7.25. The van der Waals surface area contributed by atoms with Crippen molar-refractivity contribution >= 4 is 21.8 Å². The van der Waals surface area contributed by atoms with Crippen LogP contribution in [0.5, 0.6) is 0 Å². The molecule has 29 heavy (non-hydrogen) atoms. The van der Waals surface area contributed by atoms with Crippen LogP contribution in [-0.4, -0.2) is 26.5 Å².